The molecule has 0 aromatic carbocycles. The third-order valence-corrected chi connectivity index (χ3v) is 11.2. The van der Waals surface area contributed by atoms with Crippen LogP contribution in [0.5, 0.6) is 0 Å². The molecule has 0 aliphatic heterocycles. The fourth-order valence-electron chi connectivity index (χ4n) is 9.11. The van der Waals surface area contributed by atoms with Gasteiger partial charge in [-0.2, -0.15) is 0 Å². The Labute approximate surface area is 187 Å². The minimum Gasteiger partial charge on any atom is -0.393 e. The largest absolute Gasteiger partial charge is 0.393 e. The van der Waals surface area contributed by atoms with E-state index in [1.165, 1.54) is 64.2 Å². The molecule has 1 heteroatoms. The summed E-state index contributed by atoms with van der Waals surface area (Å²) in [5, 5.41) is 10.3. The first-order chi connectivity index (χ1) is 14.2. The summed E-state index contributed by atoms with van der Waals surface area (Å²) in [5.41, 5.74) is 4.80. The van der Waals surface area contributed by atoms with Crippen LogP contribution in [0.15, 0.2) is 11.1 Å². The minimum atomic E-state index is -0.0272. The molecule has 4 aliphatic carbocycles. The summed E-state index contributed by atoms with van der Waals surface area (Å²) in [6.45, 7) is 15.1. The normalized spacial score (nSPS) is 43.2. The van der Waals surface area contributed by atoms with Crippen LogP contribution in [0.25, 0.3) is 0 Å². The number of fused-ring (bicyclic) bond motifs is 4. The highest BCUT2D eigenvalue weighted by molar-refractivity contribution is 5.34. The van der Waals surface area contributed by atoms with Crippen molar-refractivity contribution in [1.82, 2.24) is 0 Å². The Kier molecular flexibility index (Phi) is 6.53. The fourth-order valence-corrected chi connectivity index (χ4v) is 9.11. The predicted molar refractivity (Wildman–Crippen MR) is 128 cm³/mol. The number of aliphatic hydroxyl groups excluding tert-OH is 1. The lowest BCUT2D eigenvalue weighted by Gasteiger charge is -2.56. The SMILES string of the molecule is CC[C@H](CC[C@@H](C)[C@@H]1CCC2=C3CC[C@H]4C[C@H](O)CC[C@]4(C)[C@@H]3CC[C@]21C)C(C)C. The van der Waals surface area contributed by atoms with Gasteiger partial charge < -0.3 is 5.11 Å². The van der Waals surface area contributed by atoms with Crippen molar-refractivity contribution in [1.29, 1.82) is 0 Å². The van der Waals surface area contributed by atoms with E-state index in [1.54, 1.807) is 0 Å². The summed E-state index contributed by atoms with van der Waals surface area (Å²) in [7, 11) is 0. The number of allylic oxidation sites excluding steroid dienone is 2. The van der Waals surface area contributed by atoms with E-state index >= 15 is 0 Å². The monoisotopic (exact) mass is 414 g/mol. The average Bonchev–Trinajstić information content (AvgIpc) is 3.06. The van der Waals surface area contributed by atoms with Crippen LogP contribution in [0.2, 0.25) is 0 Å². The summed E-state index contributed by atoms with van der Waals surface area (Å²) in [6, 6.07) is 0. The molecule has 172 valence electrons. The van der Waals surface area contributed by atoms with Gasteiger partial charge in [-0.1, -0.05) is 65.5 Å². The van der Waals surface area contributed by atoms with E-state index in [9.17, 15) is 5.11 Å². The van der Waals surface area contributed by atoms with Crippen LogP contribution in [0, 0.1) is 46.3 Å². The molecule has 0 radical (unpaired) electrons. The molecule has 0 amide bonds. The van der Waals surface area contributed by atoms with Crippen molar-refractivity contribution >= 4 is 0 Å². The number of rotatable bonds is 6. The van der Waals surface area contributed by atoms with Crippen molar-refractivity contribution in [2.45, 2.75) is 125 Å². The smallest absolute Gasteiger partial charge is 0.0543 e. The van der Waals surface area contributed by atoms with Gasteiger partial charge in [0.2, 0.25) is 0 Å². The molecule has 4 rings (SSSR count). The third-order valence-electron chi connectivity index (χ3n) is 11.2. The van der Waals surface area contributed by atoms with Crippen molar-refractivity contribution in [3.05, 3.63) is 11.1 Å². The first-order valence-corrected chi connectivity index (χ1v) is 13.6. The first-order valence-electron chi connectivity index (χ1n) is 13.6. The van der Waals surface area contributed by atoms with Crippen LogP contribution < -0.4 is 0 Å². The molecule has 0 heterocycles. The predicted octanol–water partition coefficient (Wildman–Crippen LogP) is 8.17. The Morgan fingerprint density at radius 2 is 1.73 bits per heavy atom. The van der Waals surface area contributed by atoms with Gasteiger partial charge in [0.25, 0.3) is 0 Å². The van der Waals surface area contributed by atoms with Gasteiger partial charge in [0.1, 0.15) is 0 Å². The van der Waals surface area contributed by atoms with E-state index in [-0.39, 0.29) is 6.10 Å². The quantitative estimate of drug-likeness (QED) is 0.434. The van der Waals surface area contributed by atoms with E-state index in [2.05, 4.69) is 41.5 Å². The summed E-state index contributed by atoms with van der Waals surface area (Å²) >= 11 is 0. The lowest BCUT2D eigenvalue weighted by atomic mass is 9.49. The number of hydrogen-bond acceptors (Lipinski definition) is 1. The number of hydrogen-bond donors (Lipinski definition) is 1. The molecular formula is C29H50O. The summed E-state index contributed by atoms with van der Waals surface area (Å²) < 4.78 is 0. The van der Waals surface area contributed by atoms with Gasteiger partial charge in [0, 0.05) is 0 Å². The second kappa shape index (κ2) is 8.57. The summed E-state index contributed by atoms with van der Waals surface area (Å²) in [6.07, 6.45) is 15.9. The van der Waals surface area contributed by atoms with E-state index < -0.39 is 0 Å². The molecule has 0 spiro atoms. The Hall–Kier alpha value is -0.300. The van der Waals surface area contributed by atoms with Crippen LogP contribution in [-0.2, 0) is 0 Å². The lowest BCUT2D eigenvalue weighted by molar-refractivity contribution is -0.0381. The van der Waals surface area contributed by atoms with Crippen molar-refractivity contribution in [2.75, 3.05) is 0 Å². The molecule has 0 bridgehead atoms. The molecule has 0 aromatic heterocycles. The van der Waals surface area contributed by atoms with Crippen LogP contribution >= 0.6 is 0 Å². The van der Waals surface area contributed by atoms with Crippen LogP contribution in [-0.4, -0.2) is 11.2 Å². The third kappa shape index (κ3) is 3.74. The fraction of sp³-hybridized carbons (Fsp3) is 0.931. The van der Waals surface area contributed by atoms with Crippen LogP contribution in [0.3, 0.4) is 0 Å². The van der Waals surface area contributed by atoms with Gasteiger partial charge >= 0.3 is 0 Å². The van der Waals surface area contributed by atoms with Gasteiger partial charge in [-0.05, 0) is 111 Å². The standard InChI is InChI=1S/C29H50O/c1-7-21(19(2)3)9-8-20(4)25-12-13-26-24-11-10-22-18-23(30)14-16-28(22,5)27(24)15-17-29(25,26)6/h19-23,25,27,30H,7-18H2,1-6H3/t20-,21-,22+,23-,25+,27-,28+,29+/m1/s1. The lowest BCUT2D eigenvalue weighted by Crippen LogP contribution is -2.48. The van der Waals surface area contributed by atoms with Crippen LogP contribution in [0.1, 0.15) is 119 Å². The molecule has 0 aromatic rings. The van der Waals surface area contributed by atoms with Gasteiger partial charge in [-0.3, -0.25) is 0 Å². The zero-order valence-electron chi connectivity index (χ0n) is 21.0. The maximum atomic E-state index is 10.3. The second-order valence-corrected chi connectivity index (χ2v) is 12.8. The minimum absolute atomic E-state index is 0.0272. The Morgan fingerprint density at radius 1 is 0.967 bits per heavy atom. The topological polar surface area (TPSA) is 20.2 Å². The van der Waals surface area contributed by atoms with Crippen molar-refractivity contribution in [3.63, 3.8) is 0 Å². The molecule has 3 fully saturated rings. The summed E-state index contributed by atoms with van der Waals surface area (Å²) in [4.78, 5) is 0. The molecule has 0 saturated heterocycles. The van der Waals surface area contributed by atoms with E-state index in [1.807, 2.05) is 11.1 Å². The Bertz CT molecular complexity index is 647. The van der Waals surface area contributed by atoms with Gasteiger partial charge in [-0.15, -0.1) is 0 Å². The average molecular weight is 415 g/mol. The van der Waals surface area contributed by atoms with Gasteiger partial charge in [0.15, 0.2) is 0 Å². The molecule has 0 unspecified atom stereocenters. The molecule has 1 N–H and O–H groups in total. The highest BCUT2D eigenvalue weighted by Gasteiger charge is 2.55. The zero-order chi connectivity index (χ0) is 21.7. The molecule has 8 atom stereocenters. The van der Waals surface area contributed by atoms with Gasteiger partial charge in [-0.25, -0.2) is 0 Å². The molecule has 3 saturated carbocycles. The van der Waals surface area contributed by atoms with Crippen molar-refractivity contribution in [3.8, 4) is 0 Å². The van der Waals surface area contributed by atoms with E-state index in [0.29, 0.717) is 10.8 Å². The highest BCUT2D eigenvalue weighted by Crippen LogP contribution is 2.65. The number of aliphatic hydroxyl groups is 1. The summed E-state index contributed by atoms with van der Waals surface area (Å²) in [5.74, 6) is 5.11. The maximum Gasteiger partial charge on any atom is 0.0543 e. The first kappa shape index (κ1) is 22.9. The Balaban J connectivity index is 1.52. The van der Waals surface area contributed by atoms with Crippen LogP contribution in [0.4, 0.5) is 0 Å². The highest BCUT2D eigenvalue weighted by atomic mass is 16.3. The molecule has 4 aliphatic rings. The van der Waals surface area contributed by atoms with Crippen molar-refractivity contribution in [2.24, 2.45) is 46.3 Å². The Morgan fingerprint density at radius 3 is 2.43 bits per heavy atom. The molecule has 30 heavy (non-hydrogen) atoms. The second-order valence-electron chi connectivity index (χ2n) is 12.8. The molecule has 1 nitrogen and oxygen atoms in total. The maximum absolute atomic E-state index is 10.3. The van der Waals surface area contributed by atoms with Crippen molar-refractivity contribution < 1.29 is 5.11 Å². The van der Waals surface area contributed by atoms with Gasteiger partial charge in [0.05, 0.1) is 6.10 Å². The van der Waals surface area contributed by atoms with E-state index in [4.69, 9.17) is 0 Å². The zero-order valence-corrected chi connectivity index (χ0v) is 21.0. The molecular weight excluding hydrogens is 364 g/mol. The van der Waals surface area contributed by atoms with E-state index in [0.717, 1.165) is 48.3 Å².